The van der Waals surface area contributed by atoms with Gasteiger partial charge in [-0.05, 0) is 82.3 Å². The van der Waals surface area contributed by atoms with Crippen molar-refractivity contribution < 1.29 is 0 Å². The van der Waals surface area contributed by atoms with E-state index >= 15 is 0 Å². The van der Waals surface area contributed by atoms with Gasteiger partial charge in [0.2, 0.25) is 0 Å². The average molecular weight is 475 g/mol. The summed E-state index contributed by atoms with van der Waals surface area (Å²) >= 11 is 0. The normalized spacial score (nSPS) is 13.5. The summed E-state index contributed by atoms with van der Waals surface area (Å²) in [4.78, 5) is 0. The van der Waals surface area contributed by atoms with Crippen LogP contribution in [0.15, 0.2) is 103 Å². The van der Waals surface area contributed by atoms with Gasteiger partial charge in [0, 0.05) is 21.9 Å². The van der Waals surface area contributed by atoms with Crippen LogP contribution in [0.2, 0.25) is 0 Å². The molecular formula is C35H26N2. The third-order valence-electron chi connectivity index (χ3n) is 8.17. The van der Waals surface area contributed by atoms with Gasteiger partial charge in [-0.15, -0.1) is 0 Å². The summed E-state index contributed by atoms with van der Waals surface area (Å²) in [6, 6.07) is 39.2. The van der Waals surface area contributed by atoms with E-state index in [1.807, 2.05) is 18.2 Å². The molecule has 0 fully saturated rings. The van der Waals surface area contributed by atoms with Crippen molar-refractivity contribution >= 4 is 21.8 Å². The number of para-hydroxylation sites is 1. The Morgan fingerprint density at radius 2 is 1.46 bits per heavy atom. The Bertz CT molecular complexity index is 1910. The fourth-order valence-corrected chi connectivity index (χ4v) is 6.38. The van der Waals surface area contributed by atoms with E-state index in [2.05, 4.69) is 116 Å². The molecule has 5 aromatic carbocycles. The van der Waals surface area contributed by atoms with Gasteiger partial charge in [0.15, 0.2) is 0 Å². The zero-order valence-corrected chi connectivity index (χ0v) is 21.2. The van der Waals surface area contributed by atoms with Crippen LogP contribution in [-0.2, 0) is 5.41 Å². The Balaban J connectivity index is 1.47. The minimum Gasteiger partial charge on any atom is -0.309 e. The highest BCUT2D eigenvalue weighted by molar-refractivity contribution is 6.17. The number of aryl methyl sites for hydroxylation is 1. The zero-order valence-electron chi connectivity index (χ0n) is 21.2. The lowest BCUT2D eigenvalue weighted by atomic mass is 9.82. The van der Waals surface area contributed by atoms with Crippen LogP contribution < -0.4 is 0 Å². The highest BCUT2D eigenvalue weighted by Crippen LogP contribution is 2.53. The van der Waals surface area contributed by atoms with E-state index in [1.54, 1.807) is 0 Å². The minimum absolute atomic E-state index is 0.0239. The lowest BCUT2D eigenvalue weighted by Crippen LogP contribution is -2.14. The molecule has 176 valence electrons. The molecule has 0 N–H and O–H groups in total. The molecule has 1 heterocycles. The molecule has 0 bridgehead atoms. The quantitative estimate of drug-likeness (QED) is 0.246. The zero-order chi connectivity index (χ0) is 25.3. The predicted molar refractivity (Wildman–Crippen MR) is 153 cm³/mol. The van der Waals surface area contributed by atoms with Gasteiger partial charge in [0.05, 0.1) is 22.7 Å². The Hall–Kier alpha value is -4.61. The smallest absolute Gasteiger partial charge is 0.0991 e. The summed E-state index contributed by atoms with van der Waals surface area (Å²) in [6.45, 7) is 6.75. The second-order valence-electron chi connectivity index (χ2n) is 10.6. The van der Waals surface area contributed by atoms with Gasteiger partial charge in [-0.1, -0.05) is 80.6 Å². The highest BCUT2D eigenvalue weighted by atomic mass is 15.0. The monoisotopic (exact) mass is 474 g/mol. The standard InChI is InChI=1S/C35H26N2/c1-22-20-23(21-36)12-17-26(22)24-13-15-25(16-14-24)37-31-11-7-5-9-28(31)34-32(37)19-18-30-33(34)27-8-4-6-10-29(27)35(30,2)3/h4-20H,1-3H3. The van der Waals surface area contributed by atoms with Crippen LogP contribution in [0.25, 0.3) is 49.7 Å². The summed E-state index contributed by atoms with van der Waals surface area (Å²) in [5, 5.41) is 11.8. The summed E-state index contributed by atoms with van der Waals surface area (Å²) in [5.41, 5.74) is 13.2. The molecule has 0 spiro atoms. The molecule has 1 aromatic heterocycles. The number of nitrogens with zero attached hydrogens (tertiary/aromatic N) is 2. The van der Waals surface area contributed by atoms with E-state index in [-0.39, 0.29) is 5.41 Å². The first kappa shape index (κ1) is 21.7. The van der Waals surface area contributed by atoms with Crippen LogP contribution in [-0.4, -0.2) is 4.57 Å². The second kappa shape index (κ2) is 7.69. The fraction of sp³-hybridized carbons (Fsp3) is 0.114. The van der Waals surface area contributed by atoms with Crippen molar-refractivity contribution in [2.24, 2.45) is 0 Å². The Morgan fingerprint density at radius 1 is 0.703 bits per heavy atom. The molecule has 2 nitrogen and oxygen atoms in total. The molecule has 37 heavy (non-hydrogen) atoms. The van der Waals surface area contributed by atoms with Crippen molar-refractivity contribution in [1.82, 2.24) is 4.57 Å². The Labute approximate surface area is 217 Å². The molecule has 1 aliphatic rings. The van der Waals surface area contributed by atoms with E-state index in [0.717, 1.165) is 22.4 Å². The number of hydrogen-bond donors (Lipinski definition) is 0. The van der Waals surface area contributed by atoms with Gasteiger partial charge < -0.3 is 4.57 Å². The molecule has 0 saturated heterocycles. The maximum atomic E-state index is 9.23. The molecule has 1 aliphatic carbocycles. The summed E-state index contributed by atoms with van der Waals surface area (Å²) in [6.07, 6.45) is 0. The lowest BCUT2D eigenvalue weighted by molar-refractivity contribution is 0.661. The van der Waals surface area contributed by atoms with Crippen molar-refractivity contribution in [3.8, 4) is 34.0 Å². The first-order valence-corrected chi connectivity index (χ1v) is 12.8. The van der Waals surface area contributed by atoms with Gasteiger partial charge in [0.1, 0.15) is 0 Å². The minimum atomic E-state index is -0.0239. The largest absolute Gasteiger partial charge is 0.309 e. The molecule has 6 aromatic rings. The van der Waals surface area contributed by atoms with Crippen molar-refractivity contribution in [2.45, 2.75) is 26.2 Å². The molecule has 0 aliphatic heterocycles. The topological polar surface area (TPSA) is 28.7 Å². The summed E-state index contributed by atoms with van der Waals surface area (Å²) < 4.78 is 2.40. The molecule has 0 atom stereocenters. The average Bonchev–Trinajstić information content (AvgIpc) is 3.38. The molecule has 7 rings (SSSR count). The Morgan fingerprint density at radius 3 is 2.24 bits per heavy atom. The van der Waals surface area contributed by atoms with Gasteiger partial charge >= 0.3 is 0 Å². The van der Waals surface area contributed by atoms with Gasteiger partial charge in [-0.3, -0.25) is 0 Å². The molecule has 0 amide bonds. The van der Waals surface area contributed by atoms with E-state index < -0.39 is 0 Å². The highest BCUT2D eigenvalue weighted by Gasteiger charge is 2.37. The number of rotatable bonds is 2. The van der Waals surface area contributed by atoms with Gasteiger partial charge in [0.25, 0.3) is 0 Å². The van der Waals surface area contributed by atoms with Crippen molar-refractivity contribution in [2.75, 3.05) is 0 Å². The van der Waals surface area contributed by atoms with Crippen molar-refractivity contribution in [3.05, 3.63) is 125 Å². The van der Waals surface area contributed by atoms with Crippen LogP contribution in [0.4, 0.5) is 0 Å². The molecule has 2 heteroatoms. The number of benzene rings is 5. The molecule has 0 radical (unpaired) electrons. The number of hydrogen-bond acceptors (Lipinski definition) is 1. The van der Waals surface area contributed by atoms with Crippen LogP contribution in [0.3, 0.4) is 0 Å². The van der Waals surface area contributed by atoms with Crippen molar-refractivity contribution in [3.63, 3.8) is 0 Å². The first-order chi connectivity index (χ1) is 18.0. The fourth-order valence-electron chi connectivity index (χ4n) is 6.38. The first-order valence-electron chi connectivity index (χ1n) is 12.8. The summed E-state index contributed by atoms with van der Waals surface area (Å²) in [5.74, 6) is 0. The van der Waals surface area contributed by atoms with Gasteiger partial charge in [-0.2, -0.15) is 5.26 Å². The van der Waals surface area contributed by atoms with Crippen LogP contribution in [0.5, 0.6) is 0 Å². The maximum absolute atomic E-state index is 9.23. The van der Waals surface area contributed by atoms with E-state index in [9.17, 15) is 5.26 Å². The van der Waals surface area contributed by atoms with Gasteiger partial charge in [-0.25, -0.2) is 0 Å². The lowest BCUT2D eigenvalue weighted by Gasteiger charge is -2.21. The second-order valence-corrected chi connectivity index (χ2v) is 10.6. The van der Waals surface area contributed by atoms with Crippen molar-refractivity contribution in [1.29, 1.82) is 5.26 Å². The van der Waals surface area contributed by atoms with Crippen LogP contribution in [0.1, 0.15) is 36.1 Å². The number of fused-ring (bicyclic) bond motifs is 7. The van der Waals surface area contributed by atoms with Crippen LogP contribution >= 0.6 is 0 Å². The number of nitriles is 1. The predicted octanol–water partition coefficient (Wildman–Crippen LogP) is 8.94. The molecular weight excluding hydrogens is 448 g/mol. The Kier molecular flexibility index (Phi) is 4.50. The number of aromatic nitrogens is 1. The third-order valence-corrected chi connectivity index (χ3v) is 8.17. The van der Waals surface area contributed by atoms with E-state index in [0.29, 0.717) is 5.56 Å². The molecule has 0 unspecified atom stereocenters. The third kappa shape index (κ3) is 2.98. The SMILES string of the molecule is Cc1cc(C#N)ccc1-c1ccc(-n2c3ccccc3c3c4c(ccc32)C(C)(C)c2ccccc2-4)cc1. The maximum Gasteiger partial charge on any atom is 0.0991 e. The molecule has 0 saturated carbocycles. The van der Waals surface area contributed by atoms with E-state index in [4.69, 9.17) is 0 Å². The van der Waals surface area contributed by atoms with Crippen LogP contribution in [0, 0.1) is 18.3 Å². The van der Waals surface area contributed by atoms with E-state index in [1.165, 1.54) is 44.1 Å². The summed E-state index contributed by atoms with van der Waals surface area (Å²) in [7, 11) is 0.